The Labute approximate surface area is 234 Å². The molecule has 11 nitrogen and oxygen atoms in total. The monoisotopic (exact) mass is 557 g/mol. The third-order valence-electron chi connectivity index (χ3n) is 7.20. The quantitative estimate of drug-likeness (QED) is 0.0985. The van der Waals surface area contributed by atoms with Crippen LogP contribution in [0, 0.1) is 10.1 Å². The number of nitrogens with one attached hydrogen (secondary N) is 1. The van der Waals surface area contributed by atoms with Gasteiger partial charge in [0.25, 0.3) is 17.4 Å². The molecule has 1 aromatic heterocycles. The minimum Gasteiger partial charge on any atom is -0.507 e. The predicted octanol–water partition coefficient (Wildman–Crippen LogP) is 4.77. The van der Waals surface area contributed by atoms with E-state index < -0.39 is 28.4 Å². The van der Waals surface area contributed by atoms with E-state index >= 15 is 0 Å². The van der Waals surface area contributed by atoms with E-state index in [0.717, 1.165) is 22.5 Å². The van der Waals surface area contributed by atoms with Gasteiger partial charge in [-0.05, 0) is 48.4 Å². The maximum Gasteiger partial charge on any atom is 0.295 e. The molecule has 1 saturated heterocycles. The van der Waals surface area contributed by atoms with Crippen molar-refractivity contribution in [1.29, 1.82) is 0 Å². The van der Waals surface area contributed by atoms with E-state index in [4.69, 9.17) is 14.2 Å². The van der Waals surface area contributed by atoms with Crippen LogP contribution < -0.4 is 14.2 Å². The van der Waals surface area contributed by atoms with Crippen LogP contribution in [-0.2, 0) is 16.0 Å². The Morgan fingerprint density at radius 1 is 1.00 bits per heavy atom. The number of carbonyl (C=O) groups excluding carboxylic acids is 2. The smallest absolute Gasteiger partial charge is 0.295 e. The van der Waals surface area contributed by atoms with Crippen LogP contribution in [0.4, 0.5) is 5.69 Å². The number of Topliss-reactive ketones (excluding diaryl/α,β-unsaturated/α-hetero) is 1. The average Bonchev–Trinajstić information content (AvgIpc) is 3.52. The van der Waals surface area contributed by atoms with Gasteiger partial charge >= 0.3 is 0 Å². The van der Waals surface area contributed by atoms with Crippen molar-refractivity contribution in [2.75, 3.05) is 27.9 Å². The standard InChI is InChI=1S/C30H27N3O8/c1-39-20-7-9-24-22(14-20)18(16-31-24)11-12-32-27(23-15-21(40-2)8-10-25(23)41-3)26(29(35)30(32)36)28(34)17-5-4-6-19(13-17)33(37)38/h4-10,13-16,27,31,34H,11-12H2,1-3H3/t27-/m1/s1. The van der Waals surface area contributed by atoms with Crippen molar-refractivity contribution < 1.29 is 33.8 Å². The maximum absolute atomic E-state index is 13.5. The number of ether oxygens (including phenoxy) is 3. The van der Waals surface area contributed by atoms with Crippen LogP contribution in [0.25, 0.3) is 16.7 Å². The summed E-state index contributed by atoms with van der Waals surface area (Å²) < 4.78 is 16.3. The molecule has 2 heterocycles. The van der Waals surface area contributed by atoms with Gasteiger partial charge in [-0.1, -0.05) is 12.1 Å². The molecule has 5 rings (SSSR count). The van der Waals surface area contributed by atoms with Gasteiger partial charge in [0.05, 0.1) is 37.9 Å². The molecule has 41 heavy (non-hydrogen) atoms. The highest BCUT2D eigenvalue weighted by atomic mass is 16.6. The number of likely N-dealkylation sites (tertiary alicyclic amines) is 1. The molecule has 2 N–H and O–H groups in total. The van der Waals surface area contributed by atoms with Crippen molar-refractivity contribution in [3.63, 3.8) is 0 Å². The SMILES string of the molecule is COc1ccc(OC)c([C@@H]2C(=C(O)c3cccc([N+](=O)[O-])c3)C(=O)C(=O)N2CCc2c[nH]c3ccc(OC)cc23)c1. The fourth-order valence-corrected chi connectivity index (χ4v) is 5.14. The van der Waals surface area contributed by atoms with Gasteiger partial charge in [-0.2, -0.15) is 0 Å². The van der Waals surface area contributed by atoms with Crippen molar-refractivity contribution in [2.45, 2.75) is 12.5 Å². The molecule has 3 aromatic carbocycles. The molecule has 1 aliphatic heterocycles. The summed E-state index contributed by atoms with van der Waals surface area (Å²) in [4.78, 5) is 42.4. The Hall–Kier alpha value is -5.32. The fourth-order valence-electron chi connectivity index (χ4n) is 5.14. The summed E-state index contributed by atoms with van der Waals surface area (Å²) in [5.41, 5.74) is 1.76. The first-order valence-electron chi connectivity index (χ1n) is 12.7. The van der Waals surface area contributed by atoms with Crippen molar-refractivity contribution in [3.05, 3.63) is 99.2 Å². The van der Waals surface area contributed by atoms with Gasteiger partial charge in [-0.25, -0.2) is 0 Å². The number of nitro benzene ring substituents is 1. The van der Waals surface area contributed by atoms with Crippen LogP contribution in [0.3, 0.4) is 0 Å². The highest BCUT2D eigenvalue weighted by Gasteiger charge is 2.47. The molecule has 0 radical (unpaired) electrons. The van der Waals surface area contributed by atoms with Gasteiger partial charge in [0.2, 0.25) is 0 Å². The molecule has 210 valence electrons. The summed E-state index contributed by atoms with van der Waals surface area (Å²) in [6, 6.07) is 14.8. The van der Waals surface area contributed by atoms with Crippen LogP contribution in [0.2, 0.25) is 0 Å². The zero-order chi connectivity index (χ0) is 29.3. The number of aromatic nitrogens is 1. The molecule has 0 saturated carbocycles. The van der Waals surface area contributed by atoms with E-state index in [2.05, 4.69) is 4.98 Å². The average molecular weight is 558 g/mol. The number of nitrogens with zero attached hydrogens (tertiary/aromatic N) is 2. The van der Waals surface area contributed by atoms with Gasteiger partial charge in [-0.3, -0.25) is 19.7 Å². The van der Waals surface area contributed by atoms with Crippen molar-refractivity contribution >= 4 is 34.0 Å². The molecule has 4 aromatic rings. The first-order chi connectivity index (χ1) is 19.8. The summed E-state index contributed by atoms with van der Waals surface area (Å²) in [5, 5.41) is 23.7. The summed E-state index contributed by atoms with van der Waals surface area (Å²) in [5.74, 6) is -0.762. The van der Waals surface area contributed by atoms with E-state index in [9.17, 15) is 24.8 Å². The Kier molecular flexibility index (Phi) is 7.34. The van der Waals surface area contributed by atoms with Crippen molar-refractivity contribution in [2.24, 2.45) is 0 Å². The van der Waals surface area contributed by atoms with E-state index in [-0.39, 0.29) is 23.4 Å². The molecular weight excluding hydrogens is 530 g/mol. The van der Waals surface area contributed by atoms with Gasteiger partial charge < -0.3 is 29.2 Å². The largest absolute Gasteiger partial charge is 0.507 e. The highest BCUT2D eigenvalue weighted by Crippen LogP contribution is 2.44. The molecule has 11 heteroatoms. The van der Waals surface area contributed by atoms with Gasteiger partial charge in [0.1, 0.15) is 23.0 Å². The van der Waals surface area contributed by atoms with E-state index in [1.54, 1.807) is 25.3 Å². The number of methoxy groups -OCH3 is 3. The molecule has 0 unspecified atom stereocenters. The topological polar surface area (TPSA) is 144 Å². The summed E-state index contributed by atoms with van der Waals surface area (Å²) >= 11 is 0. The van der Waals surface area contributed by atoms with Crippen molar-refractivity contribution in [1.82, 2.24) is 9.88 Å². The number of hydrogen-bond acceptors (Lipinski definition) is 8. The minimum absolute atomic E-state index is 0.0350. The molecule has 1 aliphatic rings. The number of hydrogen-bond donors (Lipinski definition) is 2. The van der Waals surface area contributed by atoms with E-state index in [1.165, 1.54) is 37.3 Å². The number of fused-ring (bicyclic) bond motifs is 1. The lowest BCUT2D eigenvalue weighted by atomic mass is 9.94. The summed E-state index contributed by atoms with van der Waals surface area (Å²) in [6.45, 7) is 0.117. The maximum atomic E-state index is 13.5. The number of rotatable bonds is 9. The summed E-state index contributed by atoms with van der Waals surface area (Å²) in [6.07, 6.45) is 2.21. The number of aromatic amines is 1. The second-order valence-corrected chi connectivity index (χ2v) is 9.38. The number of amides is 1. The number of H-pyrrole nitrogens is 1. The second-order valence-electron chi connectivity index (χ2n) is 9.38. The third-order valence-corrected chi connectivity index (χ3v) is 7.20. The number of benzene rings is 3. The van der Waals surface area contributed by atoms with Crippen LogP contribution in [-0.4, -0.2) is 59.5 Å². The lowest BCUT2D eigenvalue weighted by Crippen LogP contribution is -2.31. The number of non-ortho nitro benzene ring substituents is 1. The second kappa shape index (κ2) is 11.0. The first-order valence-corrected chi connectivity index (χ1v) is 12.7. The Morgan fingerprint density at radius 2 is 1.73 bits per heavy atom. The van der Waals surface area contributed by atoms with Crippen LogP contribution in [0.1, 0.15) is 22.7 Å². The normalized spacial score (nSPS) is 16.3. The number of aliphatic hydroxyl groups is 1. The van der Waals surface area contributed by atoms with E-state index in [1.807, 2.05) is 24.4 Å². The Balaban J connectivity index is 1.63. The molecule has 0 spiro atoms. The number of ketones is 1. The fraction of sp³-hybridized carbons (Fsp3) is 0.200. The van der Waals surface area contributed by atoms with Gasteiger partial charge in [0, 0.05) is 46.9 Å². The molecule has 0 aliphatic carbocycles. The zero-order valence-electron chi connectivity index (χ0n) is 22.5. The zero-order valence-corrected chi connectivity index (χ0v) is 22.5. The molecule has 0 bridgehead atoms. The lowest BCUT2D eigenvalue weighted by Gasteiger charge is -2.27. The Bertz CT molecular complexity index is 1710. The number of carbonyl (C=O) groups is 2. The highest BCUT2D eigenvalue weighted by molar-refractivity contribution is 6.46. The van der Waals surface area contributed by atoms with Crippen molar-refractivity contribution in [3.8, 4) is 17.2 Å². The molecule has 1 atom stereocenters. The third kappa shape index (κ3) is 4.93. The van der Waals surface area contributed by atoms with E-state index in [0.29, 0.717) is 29.2 Å². The molecule has 1 fully saturated rings. The van der Waals surface area contributed by atoms with Gasteiger partial charge in [0.15, 0.2) is 0 Å². The van der Waals surface area contributed by atoms with Crippen LogP contribution in [0.5, 0.6) is 17.2 Å². The molecule has 1 amide bonds. The lowest BCUT2D eigenvalue weighted by molar-refractivity contribution is -0.384. The predicted molar refractivity (Wildman–Crippen MR) is 150 cm³/mol. The Morgan fingerprint density at radius 3 is 2.44 bits per heavy atom. The number of aliphatic hydroxyl groups excluding tert-OH is 1. The first kappa shape index (κ1) is 27.3. The van der Waals surface area contributed by atoms with Crippen LogP contribution in [0.15, 0.2) is 72.4 Å². The number of nitro groups is 1. The van der Waals surface area contributed by atoms with Crippen LogP contribution >= 0.6 is 0 Å². The van der Waals surface area contributed by atoms with Gasteiger partial charge in [-0.15, -0.1) is 0 Å². The molecular formula is C30H27N3O8. The minimum atomic E-state index is -1.06. The summed E-state index contributed by atoms with van der Waals surface area (Å²) in [7, 11) is 4.52.